The Morgan fingerprint density at radius 2 is 1.76 bits per heavy atom. The molecule has 1 aliphatic heterocycles. The number of imide groups is 1. The third-order valence-electron chi connectivity index (χ3n) is 5.40. The predicted molar refractivity (Wildman–Crippen MR) is 156 cm³/mol. The van der Waals surface area contributed by atoms with Crippen LogP contribution in [0.4, 0.5) is 10.5 Å². The lowest BCUT2D eigenvalue weighted by Gasteiger charge is -2.14. The van der Waals surface area contributed by atoms with Crippen LogP contribution in [-0.2, 0) is 16.2 Å². The number of benzene rings is 3. The van der Waals surface area contributed by atoms with Gasteiger partial charge in [0.2, 0.25) is 5.91 Å². The molecule has 8 nitrogen and oxygen atoms in total. The molecule has 0 bridgehead atoms. The molecule has 0 spiro atoms. The summed E-state index contributed by atoms with van der Waals surface area (Å²) in [6, 6.07) is 17.8. The molecule has 1 saturated heterocycles. The SMILES string of the molecule is COc1ccccc1NC(=O)CN1C(=O)S/C(=C/c2cc(I)c(OCc3ccc(Cl)cc3)c(OC)c2)C1=O. The maximum Gasteiger partial charge on any atom is 0.294 e. The van der Waals surface area contributed by atoms with Crippen LogP contribution in [0.3, 0.4) is 0 Å². The fourth-order valence-electron chi connectivity index (χ4n) is 3.57. The molecule has 0 aliphatic carbocycles. The summed E-state index contributed by atoms with van der Waals surface area (Å²) in [5.74, 6) is 0.441. The van der Waals surface area contributed by atoms with Gasteiger partial charge >= 0.3 is 0 Å². The number of methoxy groups -OCH3 is 2. The maximum absolute atomic E-state index is 13.0. The first-order valence-corrected chi connectivity index (χ1v) is 13.5. The van der Waals surface area contributed by atoms with Crippen LogP contribution < -0.4 is 19.5 Å². The molecule has 0 radical (unpaired) electrons. The molecule has 0 atom stereocenters. The highest BCUT2D eigenvalue weighted by Gasteiger charge is 2.36. The van der Waals surface area contributed by atoms with Gasteiger partial charge in [-0.3, -0.25) is 19.3 Å². The number of nitrogens with zero attached hydrogens (tertiary/aromatic N) is 1. The molecule has 1 fully saturated rings. The number of ether oxygens (including phenoxy) is 3. The van der Waals surface area contributed by atoms with Gasteiger partial charge in [-0.05, 0) is 88.0 Å². The second-order valence-electron chi connectivity index (χ2n) is 7.97. The minimum atomic E-state index is -0.549. The van der Waals surface area contributed by atoms with Gasteiger partial charge in [0, 0.05) is 5.02 Å². The molecular weight excluding hydrogens is 643 g/mol. The lowest BCUT2D eigenvalue weighted by atomic mass is 10.1. The van der Waals surface area contributed by atoms with Gasteiger partial charge in [0.1, 0.15) is 18.9 Å². The van der Waals surface area contributed by atoms with E-state index in [1.807, 2.05) is 18.2 Å². The number of rotatable bonds is 9. The van der Waals surface area contributed by atoms with Crippen LogP contribution in [0.25, 0.3) is 6.08 Å². The zero-order valence-electron chi connectivity index (χ0n) is 20.3. The van der Waals surface area contributed by atoms with Crippen molar-refractivity contribution in [3.8, 4) is 17.2 Å². The number of para-hydroxylation sites is 2. The lowest BCUT2D eigenvalue weighted by molar-refractivity contribution is -0.127. The van der Waals surface area contributed by atoms with E-state index in [0.29, 0.717) is 40.1 Å². The second-order valence-corrected chi connectivity index (χ2v) is 10.6. The van der Waals surface area contributed by atoms with E-state index in [4.69, 9.17) is 25.8 Å². The van der Waals surface area contributed by atoms with Gasteiger partial charge in [-0.1, -0.05) is 35.9 Å². The summed E-state index contributed by atoms with van der Waals surface area (Å²) in [5.41, 5.74) is 2.04. The molecular formula is C27H22ClIN2O6S. The molecule has 4 rings (SSSR count). The molecule has 3 aromatic carbocycles. The molecule has 1 N–H and O–H groups in total. The Bertz CT molecular complexity index is 1410. The van der Waals surface area contributed by atoms with Crippen molar-refractivity contribution in [2.24, 2.45) is 0 Å². The summed E-state index contributed by atoms with van der Waals surface area (Å²) in [4.78, 5) is 39.2. The van der Waals surface area contributed by atoms with Crippen molar-refractivity contribution in [1.29, 1.82) is 0 Å². The normalized spacial score (nSPS) is 14.1. The highest BCUT2D eigenvalue weighted by molar-refractivity contribution is 14.1. The fourth-order valence-corrected chi connectivity index (χ4v) is 5.31. The summed E-state index contributed by atoms with van der Waals surface area (Å²) in [6.07, 6.45) is 1.59. The molecule has 0 saturated carbocycles. The predicted octanol–water partition coefficient (Wildman–Crippen LogP) is 6.22. The lowest BCUT2D eigenvalue weighted by Crippen LogP contribution is -2.36. The molecule has 11 heteroatoms. The molecule has 0 aromatic heterocycles. The third-order valence-corrected chi connectivity index (χ3v) is 7.36. The highest BCUT2D eigenvalue weighted by atomic mass is 127. The number of hydrogen-bond acceptors (Lipinski definition) is 7. The van der Waals surface area contributed by atoms with Crippen LogP contribution in [0.1, 0.15) is 11.1 Å². The van der Waals surface area contributed by atoms with Gasteiger partial charge in [0.25, 0.3) is 11.1 Å². The quantitative estimate of drug-likeness (QED) is 0.215. The van der Waals surface area contributed by atoms with Crippen LogP contribution in [0, 0.1) is 3.57 Å². The van der Waals surface area contributed by atoms with E-state index in [2.05, 4.69) is 27.9 Å². The second kappa shape index (κ2) is 12.5. The van der Waals surface area contributed by atoms with Crippen molar-refractivity contribution in [3.63, 3.8) is 0 Å². The van der Waals surface area contributed by atoms with Crippen molar-refractivity contribution >= 4 is 74.8 Å². The van der Waals surface area contributed by atoms with Gasteiger partial charge in [0.05, 0.1) is 28.4 Å². The highest BCUT2D eigenvalue weighted by Crippen LogP contribution is 2.37. The minimum absolute atomic E-state index is 0.202. The number of nitrogens with one attached hydrogen (secondary N) is 1. The zero-order valence-corrected chi connectivity index (χ0v) is 24.1. The van der Waals surface area contributed by atoms with E-state index in [-0.39, 0.29) is 4.91 Å². The zero-order chi connectivity index (χ0) is 27.2. The summed E-state index contributed by atoms with van der Waals surface area (Å²) in [6.45, 7) is -0.100. The average Bonchev–Trinajstić information content (AvgIpc) is 3.16. The Balaban J connectivity index is 1.47. The molecule has 38 heavy (non-hydrogen) atoms. The van der Waals surface area contributed by atoms with Crippen LogP contribution in [0.2, 0.25) is 5.02 Å². The minimum Gasteiger partial charge on any atom is -0.495 e. The molecule has 3 amide bonds. The number of anilines is 1. The van der Waals surface area contributed by atoms with Crippen LogP contribution in [0.5, 0.6) is 17.2 Å². The summed E-state index contributed by atoms with van der Waals surface area (Å²) >= 11 is 8.85. The number of amides is 3. The largest absolute Gasteiger partial charge is 0.495 e. The average molecular weight is 665 g/mol. The molecule has 3 aromatic rings. The van der Waals surface area contributed by atoms with Gasteiger partial charge in [-0.15, -0.1) is 0 Å². The van der Waals surface area contributed by atoms with Crippen LogP contribution in [0.15, 0.2) is 65.6 Å². The number of carbonyl (C=O) groups excluding carboxylic acids is 3. The number of hydrogen-bond donors (Lipinski definition) is 1. The van der Waals surface area contributed by atoms with E-state index in [0.717, 1.165) is 25.8 Å². The van der Waals surface area contributed by atoms with Crippen molar-refractivity contribution in [3.05, 3.63) is 85.3 Å². The van der Waals surface area contributed by atoms with Crippen LogP contribution >= 0.6 is 46.0 Å². The number of thioether (sulfide) groups is 1. The van der Waals surface area contributed by atoms with Crippen molar-refractivity contribution in [2.45, 2.75) is 6.61 Å². The van der Waals surface area contributed by atoms with Crippen molar-refractivity contribution in [1.82, 2.24) is 4.90 Å². The van der Waals surface area contributed by atoms with E-state index in [1.165, 1.54) is 14.2 Å². The Morgan fingerprint density at radius 3 is 2.47 bits per heavy atom. The van der Waals surface area contributed by atoms with E-state index < -0.39 is 23.6 Å². The topological polar surface area (TPSA) is 94.2 Å². The Labute approximate surface area is 242 Å². The van der Waals surface area contributed by atoms with Gasteiger partial charge in [0.15, 0.2) is 11.5 Å². The molecule has 1 heterocycles. The smallest absolute Gasteiger partial charge is 0.294 e. The number of halogens is 2. The van der Waals surface area contributed by atoms with Crippen molar-refractivity contribution in [2.75, 3.05) is 26.1 Å². The van der Waals surface area contributed by atoms with E-state index in [9.17, 15) is 14.4 Å². The van der Waals surface area contributed by atoms with Gasteiger partial charge < -0.3 is 19.5 Å². The fraction of sp³-hybridized carbons (Fsp3) is 0.148. The number of carbonyl (C=O) groups is 3. The first-order chi connectivity index (χ1) is 18.3. The maximum atomic E-state index is 13.0. The summed E-state index contributed by atoms with van der Waals surface area (Å²) in [5, 5.41) is 2.79. The van der Waals surface area contributed by atoms with Crippen molar-refractivity contribution < 1.29 is 28.6 Å². The van der Waals surface area contributed by atoms with Gasteiger partial charge in [-0.2, -0.15) is 0 Å². The first kappa shape index (κ1) is 27.8. The molecule has 196 valence electrons. The molecule has 1 aliphatic rings. The first-order valence-electron chi connectivity index (χ1n) is 11.2. The van der Waals surface area contributed by atoms with E-state index >= 15 is 0 Å². The van der Waals surface area contributed by atoms with Crippen LogP contribution in [-0.4, -0.2) is 42.7 Å². The standard InChI is InChI=1S/C27H22ClIN2O6S/c1-35-21-6-4-3-5-20(21)30-24(32)14-31-26(33)23(38-27(31)34)13-17-11-19(29)25(22(12-17)36-2)37-15-16-7-9-18(28)10-8-16/h3-13H,14-15H2,1-2H3,(H,30,32)/b23-13+. The monoisotopic (exact) mass is 664 g/mol. The van der Waals surface area contributed by atoms with Gasteiger partial charge in [-0.25, -0.2) is 0 Å². The molecule has 0 unspecified atom stereocenters. The summed E-state index contributed by atoms with van der Waals surface area (Å²) < 4.78 is 17.5. The Morgan fingerprint density at radius 1 is 1.05 bits per heavy atom. The summed E-state index contributed by atoms with van der Waals surface area (Å²) in [7, 11) is 3.01. The van der Waals surface area contributed by atoms with E-state index in [1.54, 1.807) is 48.5 Å². The Kier molecular flexibility index (Phi) is 9.18. The third kappa shape index (κ3) is 6.61. The Hall–Kier alpha value is -3.22.